The third-order valence-corrected chi connectivity index (χ3v) is 6.99. The molecule has 2 heterocycles. The Balaban J connectivity index is 2.74. The van der Waals surface area contributed by atoms with Crippen molar-refractivity contribution in [3.05, 3.63) is 0 Å². The van der Waals surface area contributed by atoms with Gasteiger partial charge in [-0.15, -0.1) is 0 Å². The Morgan fingerprint density at radius 3 is 1.48 bits per heavy atom. The maximum Gasteiger partial charge on any atom is 0.303 e. The van der Waals surface area contributed by atoms with Crippen LogP contribution in [0.2, 0.25) is 0 Å². The summed E-state index contributed by atoms with van der Waals surface area (Å²) < 4.78 is 50.4. The zero-order valence-corrected chi connectivity index (χ0v) is 28.8. The molecule has 2 amide bonds. The Kier molecular flexibility index (Phi) is 15.6. The average molecular weight is 756 g/mol. The molecule has 2 N–H and O–H groups in total. The summed E-state index contributed by atoms with van der Waals surface area (Å²) in [5.41, 5.74) is 0. The van der Waals surface area contributed by atoms with Crippen molar-refractivity contribution in [1.82, 2.24) is 10.6 Å². The number of rotatable bonds is 13. The van der Waals surface area contributed by atoms with E-state index < -0.39 is 122 Å². The Hall–Kier alpha value is -3.88. The zero-order chi connectivity index (χ0) is 36.3. The molecule has 2 aliphatic rings. The molecule has 0 aromatic rings. The van der Waals surface area contributed by atoms with Crippen molar-refractivity contribution in [3.63, 3.8) is 0 Å². The molecule has 48 heavy (non-hydrogen) atoms. The van der Waals surface area contributed by atoms with Crippen molar-refractivity contribution in [2.24, 2.45) is 0 Å². The number of carbonyl (C=O) groups is 8. The van der Waals surface area contributed by atoms with Crippen LogP contribution in [0.4, 0.5) is 0 Å². The second-order valence-electron chi connectivity index (χ2n) is 10.6. The van der Waals surface area contributed by atoms with Gasteiger partial charge in [0.2, 0.25) is 11.8 Å². The first-order chi connectivity index (χ1) is 22.4. The molecule has 2 fully saturated rings. The average Bonchev–Trinajstić information content (AvgIpc) is 2.95. The highest BCUT2D eigenvalue weighted by Crippen LogP contribution is 2.34. The van der Waals surface area contributed by atoms with Gasteiger partial charge < -0.3 is 53.3 Å². The predicted molar refractivity (Wildman–Crippen MR) is 157 cm³/mol. The molecule has 0 aromatic heterocycles. The molecule has 4 unspecified atom stereocenters. The van der Waals surface area contributed by atoms with Crippen molar-refractivity contribution in [2.75, 3.05) is 18.5 Å². The molecule has 2 saturated heterocycles. The maximum absolute atomic E-state index is 12.4. The van der Waals surface area contributed by atoms with Gasteiger partial charge in [-0.1, -0.05) is 15.9 Å². The van der Waals surface area contributed by atoms with Gasteiger partial charge in [-0.25, -0.2) is 0 Å². The lowest BCUT2D eigenvalue weighted by atomic mass is 9.94. The van der Waals surface area contributed by atoms with Crippen LogP contribution in [0, 0.1) is 0 Å². The summed E-state index contributed by atoms with van der Waals surface area (Å²) in [5.74, 6) is -6.29. The van der Waals surface area contributed by atoms with Crippen LogP contribution in [0.3, 0.4) is 0 Å². The fourth-order valence-electron chi connectivity index (χ4n) is 4.94. The number of hydrogen-bond acceptors (Lipinski definition) is 17. The van der Waals surface area contributed by atoms with Crippen LogP contribution < -0.4 is 10.6 Å². The number of nitrogens with one attached hydrogen (secondary N) is 2. The van der Waals surface area contributed by atoms with Crippen molar-refractivity contribution in [2.45, 2.75) is 110 Å². The number of hydrogen-bond donors (Lipinski definition) is 2. The molecule has 19 nitrogen and oxygen atoms in total. The second kappa shape index (κ2) is 18.6. The molecular weight excluding hydrogens is 716 g/mol. The molecule has 2 rings (SSSR count). The minimum Gasteiger partial charge on any atom is -0.463 e. The molecule has 0 radical (unpaired) electrons. The van der Waals surface area contributed by atoms with E-state index in [1.165, 1.54) is 0 Å². The first-order valence-electron chi connectivity index (χ1n) is 14.5. The lowest BCUT2D eigenvalue weighted by Crippen LogP contribution is -2.71. The zero-order valence-electron chi connectivity index (χ0n) is 27.2. The highest BCUT2D eigenvalue weighted by atomic mass is 79.9. The minimum absolute atomic E-state index is 0.183. The van der Waals surface area contributed by atoms with E-state index in [4.69, 9.17) is 42.6 Å². The second-order valence-corrected chi connectivity index (χ2v) is 11.1. The molecule has 0 aliphatic carbocycles. The smallest absolute Gasteiger partial charge is 0.303 e. The molecule has 10 atom stereocenters. The lowest BCUT2D eigenvalue weighted by Gasteiger charge is -2.49. The normalized spacial score (nSPS) is 29.7. The Morgan fingerprint density at radius 1 is 0.562 bits per heavy atom. The quantitative estimate of drug-likeness (QED) is 0.126. The first kappa shape index (κ1) is 40.3. The van der Waals surface area contributed by atoms with E-state index in [1.54, 1.807) is 0 Å². The third-order valence-electron chi connectivity index (χ3n) is 6.48. The first-order valence-corrected chi connectivity index (χ1v) is 15.6. The summed E-state index contributed by atoms with van der Waals surface area (Å²) in [7, 11) is 0. The Bertz CT molecular complexity index is 1230. The van der Waals surface area contributed by atoms with Crippen LogP contribution in [0.25, 0.3) is 0 Å². The monoisotopic (exact) mass is 754 g/mol. The lowest BCUT2D eigenvalue weighted by molar-refractivity contribution is -0.339. The largest absolute Gasteiger partial charge is 0.463 e. The molecule has 20 heteroatoms. The van der Waals surface area contributed by atoms with E-state index >= 15 is 0 Å². The highest BCUT2D eigenvalue weighted by Gasteiger charge is 2.57. The number of amides is 2. The molecule has 0 saturated carbocycles. The summed E-state index contributed by atoms with van der Waals surface area (Å²) in [4.78, 5) is 97.2. The van der Waals surface area contributed by atoms with Gasteiger partial charge in [0.05, 0.1) is 5.33 Å². The molecule has 0 spiro atoms. The van der Waals surface area contributed by atoms with Gasteiger partial charge in [-0.2, -0.15) is 0 Å². The van der Waals surface area contributed by atoms with Gasteiger partial charge in [0, 0.05) is 48.5 Å². The predicted octanol–water partition coefficient (Wildman–Crippen LogP) is -1.31. The summed E-state index contributed by atoms with van der Waals surface area (Å²) in [5, 5.41) is 4.89. The molecule has 0 bridgehead atoms. The van der Waals surface area contributed by atoms with Crippen LogP contribution in [0.1, 0.15) is 48.5 Å². The fourth-order valence-corrected chi connectivity index (χ4v) is 5.10. The van der Waals surface area contributed by atoms with Crippen LogP contribution in [-0.2, 0) is 81.0 Å². The summed E-state index contributed by atoms with van der Waals surface area (Å²) in [6, 6.07) is -1.33. The highest BCUT2D eigenvalue weighted by molar-refractivity contribution is 9.09. The van der Waals surface area contributed by atoms with Crippen LogP contribution in [-0.4, -0.2) is 127 Å². The van der Waals surface area contributed by atoms with Crippen molar-refractivity contribution >= 4 is 63.6 Å². The summed E-state index contributed by atoms with van der Waals surface area (Å²) in [6.45, 7) is 6.37. The van der Waals surface area contributed by atoms with Gasteiger partial charge in [0.15, 0.2) is 36.9 Å². The Morgan fingerprint density at radius 2 is 1.02 bits per heavy atom. The van der Waals surface area contributed by atoms with E-state index in [1.807, 2.05) is 0 Å². The van der Waals surface area contributed by atoms with Crippen molar-refractivity contribution in [1.29, 1.82) is 0 Å². The van der Waals surface area contributed by atoms with Gasteiger partial charge in [-0.05, 0) is 0 Å². The van der Waals surface area contributed by atoms with Gasteiger partial charge in [-0.3, -0.25) is 38.4 Å². The number of ether oxygens (including phenoxy) is 9. The van der Waals surface area contributed by atoms with E-state index in [0.717, 1.165) is 48.5 Å². The molecule has 0 aromatic carbocycles. The van der Waals surface area contributed by atoms with E-state index in [2.05, 4.69) is 26.6 Å². The SMILES string of the molecule is CC(=O)NC1[C@H](NC(=O)CBr)OC(COC(C)=O)[C@@H](O[C@@H]2OC(COC(C)=O)[C@H](OC(C)=O)[C@H](OC(C)=O)C2OC(C)=O)[C@@H]1OC(C)=O. The van der Waals surface area contributed by atoms with Crippen LogP contribution in [0.5, 0.6) is 0 Å². The molecule has 270 valence electrons. The Labute approximate surface area is 283 Å². The standard InChI is InChI=1S/C28H39BrN2O17/c1-11(32)30-21-24(43-15(5)36)22(18(9-40-12(2)33)46-27(21)31-20(39)8-29)48-28-26(45-17(7)38)25(44-16(6)37)23(42-14(4)35)19(47-28)10-41-13(3)34/h18-19,21-28H,8-10H2,1-7H3,(H,30,32)(H,31,39)/t18?,19?,21?,22-,23+,24-,25+,26?,27-,28+/m1/s1. The summed E-state index contributed by atoms with van der Waals surface area (Å²) in [6.07, 6.45) is -13.8. The van der Waals surface area contributed by atoms with Crippen molar-refractivity contribution in [3.8, 4) is 0 Å². The van der Waals surface area contributed by atoms with E-state index in [0.29, 0.717) is 0 Å². The minimum atomic E-state index is -1.79. The van der Waals surface area contributed by atoms with Gasteiger partial charge in [0.1, 0.15) is 37.6 Å². The topological polar surface area (TPSA) is 244 Å². The fraction of sp³-hybridized carbons (Fsp3) is 0.714. The van der Waals surface area contributed by atoms with E-state index in [-0.39, 0.29) is 5.33 Å². The van der Waals surface area contributed by atoms with Crippen molar-refractivity contribution < 1.29 is 81.0 Å². The number of halogens is 1. The number of esters is 6. The number of carbonyl (C=O) groups excluding carboxylic acids is 8. The van der Waals surface area contributed by atoms with Crippen LogP contribution >= 0.6 is 15.9 Å². The van der Waals surface area contributed by atoms with Gasteiger partial charge >= 0.3 is 35.8 Å². The number of alkyl halides is 1. The maximum atomic E-state index is 12.4. The van der Waals surface area contributed by atoms with Gasteiger partial charge in [0.25, 0.3) is 0 Å². The summed E-state index contributed by atoms with van der Waals surface area (Å²) >= 11 is 3.02. The van der Waals surface area contributed by atoms with E-state index in [9.17, 15) is 38.4 Å². The molecule has 2 aliphatic heterocycles. The van der Waals surface area contributed by atoms with Crippen LogP contribution in [0.15, 0.2) is 0 Å². The molecular formula is C28H39BrN2O17. The third kappa shape index (κ3) is 12.3.